The molecule has 25 heavy (non-hydrogen) atoms. The maximum atomic E-state index is 14.5. The Morgan fingerprint density at radius 2 is 1.56 bits per heavy atom. The van der Waals surface area contributed by atoms with Crippen molar-refractivity contribution in [3.8, 4) is 0 Å². The molecule has 0 aromatic heterocycles. The molecular formula is C18H18F6O. The van der Waals surface area contributed by atoms with Crippen LogP contribution >= 0.6 is 0 Å². The molecule has 4 rings (SSSR count). The summed E-state index contributed by atoms with van der Waals surface area (Å²) in [6.07, 6.45) is -4.16. The predicted molar refractivity (Wildman–Crippen MR) is 79.3 cm³/mol. The van der Waals surface area contributed by atoms with E-state index in [1.54, 1.807) is 6.92 Å². The minimum Gasteiger partial charge on any atom is -0.302 e. The van der Waals surface area contributed by atoms with E-state index in [1.165, 1.54) is 6.92 Å². The van der Waals surface area contributed by atoms with Crippen LogP contribution in [0.2, 0.25) is 0 Å². The summed E-state index contributed by atoms with van der Waals surface area (Å²) in [4.78, 5) is 0. The highest BCUT2D eigenvalue weighted by Gasteiger charge is 2.58. The number of fused-ring (bicyclic) bond motifs is 2. The van der Waals surface area contributed by atoms with Crippen molar-refractivity contribution in [3.63, 3.8) is 0 Å². The number of ether oxygens (including phenoxy) is 1. The molecule has 1 nitrogen and oxygen atoms in total. The van der Waals surface area contributed by atoms with Gasteiger partial charge in [-0.2, -0.15) is 8.78 Å². The molecule has 0 spiro atoms. The second kappa shape index (κ2) is 5.76. The lowest BCUT2D eigenvalue weighted by Gasteiger charge is -2.49. The van der Waals surface area contributed by atoms with Gasteiger partial charge in [0.15, 0.2) is 17.5 Å². The van der Waals surface area contributed by atoms with E-state index in [0.717, 1.165) is 12.1 Å². The van der Waals surface area contributed by atoms with Crippen LogP contribution < -0.4 is 0 Å². The van der Waals surface area contributed by atoms with Crippen LogP contribution in [-0.2, 0) is 17.3 Å². The van der Waals surface area contributed by atoms with Gasteiger partial charge in [-0.15, -0.1) is 0 Å². The van der Waals surface area contributed by atoms with Crippen LogP contribution in [-0.4, -0.2) is 5.60 Å². The first kappa shape index (κ1) is 18.3. The zero-order valence-corrected chi connectivity index (χ0v) is 13.9. The van der Waals surface area contributed by atoms with Crippen LogP contribution in [0, 0.1) is 17.0 Å². The molecule has 0 radical (unpaired) electrons. The first-order valence-corrected chi connectivity index (χ1v) is 8.18. The van der Waals surface area contributed by atoms with Gasteiger partial charge in [0.1, 0.15) is 11.4 Å². The molecule has 0 atom stereocenters. The predicted octanol–water partition coefficient (Wildman–Crippen LogP) is 6.08. The van der Waals surface area contributed by atoms with Gasteiger partial charge in [-0.25, -0.2) is 17.6 Å². The van der Waals surface area contributed by atoms with Crippen molar-refractivity contribution < 1.29 is 31.1 Å². The fraction of sp³-hybridized carbons (Fsp3) is 0.556. The van der Waals surface area contributed by atoms with Gasteiger partial charge in [0.05, 0.1) is 5.56 Å². The zero-order valence-electron chi connectivity index (χ0n) is 13.9. The summed E-state index contributed by atoms with van der Waals surface area (Å²) >= 11 is 0. The topological polar surface area (TPSA) is 9.23 Å². The second-order valence-electron chi connectivity index (χ2n) is 7.06. The van der Waals surface area contributed by atoms with Gasteiger partial charge < -0.3 is 4.74 Å². The molecule has 1 aromatic rings. The minimum atomic E-state index is -4.29. The molecule has 0 heterocycles. The standard InChI is InChI=1S/C18H18F6O/c1-3-10-4-5-11(13(20)12(10)19)18(23,24)25-17-8-6-16(2,7-9-17)14(21)15(17)22/h4-5H,3,6-9H2,1-2H3. The van der Waals surface area contributed by atoms with Crippen LogP contribution in [0.3, 0.4) is 0 Å². The molecule has 0 unspecified atom stereocenters. The number of benzene rings is 1. The van der Waals surface area contributed by atoms with Gasteiger partial charge in [0.25, 0.3) is 0 Å². The molecule has 0 aliphatic heterocycles. The third-order valence-electron chi connectivity index (χ3n) is 5.46. The molecule has 0 saturated heterocycles. The molecule has 1 saturated carbocycles. The lowest BCUT2D eigenvalue weighted by molar-refractivity contribution is -0.313. The molecule has 1 fully saturated rings. The molecule has 138 valence electrons. The summed E-state index contributed by atoms with van der Waals surface area (Å²) in [5.41, 5.74) is -4.52. The highest BCUT2D eigenvalue weighted by molar-refractivity contribution is 5.31. The Labute approximate surface area is 141 Å². The smallest absolute Gasteiger partial charge is 0.302 e. The average molecular weight is 364 g/mol. The van der Waals surface area contributed by atoms with Crippen molar-refractivity contribution in [2.45, 2.75) is 57.7 Å². The van der Waals surface area contributed by atoms with E-state index in [-0.39, 0.29) is 37.7 Å². The van der Waals surface area contributed by atoms with Gasteiger partial charge in [-0.05, 0) is 43.7 Å². The van der Waals surface area contributed by atoms with Crippen molar-refractivity contribution >= 4 is 0 Å². The number of halogens is 6. The van der Waals surface area contributed by atoms with E-state index in [1.807, 2.05) is 0 Å². The van der Waals surface area contributed by atoms with E-state index in [4.69, 9.17) is 0 Å². The Bertz CT molecular complexity index is 731. The quantitative estimate of drug-likeness (QED) is 0.589. The molecule has 3 aliphatic carbocycles. The van der Waals surface area contributed by atoms with Crippen LogP contribution in [0.5, 0.6) is 0 Å². The summed E-state index contributed by atoms with van der Waals surface area (Å²) in [7, 11) is 0. The SMILES string of the molecule is CCc1ccc(C(F)(F)OC23CCC(C)(CC2)C(F)=C3F)c(F)c1F. The molecule has 0 amide bonds. The number of hydrogen-bond acceptors (Lipinski definition) is 1. The number of hydrogen-bond donors (Lipinski definition) is 0. The number of alkyl halides is 2. The maximum Gasteiger partial charge on any atom is 0.387 e. The Hall–Kier alpha value is -1.50. The summed E-state index contributed by atoms with van der Waals surface area (Å²) in [5.74, 6) is -5.57. The summed E-state index contributed by atoms with van der Waals surface area (Å²) in [5, 5.41) is 0. The molecule has 0 N–H and O–H groups in total. The van der Waals surface area contributed by atoms with Crippen LogP contribution in [0.1, 0.15) is 50.7 Å². The molecule has 1 aromatic carbocycles. The van der Waals surface area contributed by atoms with E-state index in [2.05, 4.69) is 4.74 Å². The third-order valence-corrected chi connectivity index (χ3v) is 5.46. The Morgan fingerprint density at radius 3 is 2.12 bits per heavy atom. The second-order valence-corrected chi connectivity index (χ2v) is 7.06. The van der Waals surface area contributed by atoms with Crippen LogP contribution in [0.4, 0.5) is 26.3 Å². The number of allylic oxidation sites excluding steroid dienone is 1. The maximum absolute atomic E-state index is 14.5. The van der Waals surface area contributed by atoms with E-state index in [9.17, 15) is 26.3 Å². The van der Waals surface area contributed by atoms with Crippen molar-refractivity contribution in [1.82, 2.24) is 0 Å². The summed E-state index contributed by atoms with van der Waals surface area (Å²) in [6, 6.07) is 1.76. The highest BCUT2D eigenvalue weighted by atomic mass is 19.3. The monoisotopic (exact) mass is 364 g/mol. The average Bonchev–Trinajstić information content (AvgIpc) is 2.56. The van der Waals surface area contributed by atoms with Crippen molar-refractivity contribution in [2.24, 2.45) is 5.41 Å². The van der Waals surface area contributed by atoms with E-state index >= 15 is 0 Å². The molecule has 7 heteroatoms. The van der Waals surface area contributed by atoms with Gasteiger partial charge in [0, 0.05) is 5.41 Å². The minimum absolute atomic E-state index is 0.0570. The lowest BCUT2D eigenvalue weighted by Crippen LogP contribution is -2.50. The van der Waals surface area contributed by atoms with Gasteiger partial charge >= 0.3 is 6.11 Å². The fourth-order valence-corrected chi connectivity index (χ4v) is 3.64. The first-order chi connectivity index (χ1) is 11.6. The highest BCUT2D eigenvalue weighted by Crippen LogP contribution is 2.59. The van der Waals surface area contributed by atoms with Crippen LogP contribution in [0.15, 0.2) is 23.8 Å². The van der Waals surface area contributed by atoms with Crippen molar-refractivity contribution in [2.75, 3.05) is 0 Å². The van der Waals surface area contributed by atoms with Gasteiger partial charge in [-0.3, -0.25) is 0 Å². The largest absolute Gasteiger partial charge is 0.387 e. The fourth-order valence-electron chi connectivity index (χ4n) is 3.64. The van der Waals surface area contributed by atoms with Crippen molar-refractivity contribution in [1.29, 1.82) is 0 Å². The van der Waals surface area contributed by atoms with Gasteiger partial charge in [-0.1, -0.05) is 19.9 Å². The van der Waals surface area contributed by atoms with E-state index in [0.29, 0.717) is 0 Å². The number of aryl methyl sites for hydroxylation is 1. The Morgan fingerprint density at radius 1 is 0.960 bits per heavy atom. The normalized spacial score (nSPS) is 29.4. The summed E-state index contributed by atoms with van der Waals surface area (Å²) in [6.45, 7) is 3.08. The molecular weight excluding hydrogens is 346 g/mol. The Balaban J connectivity index is 1.99. The van der Waals surface area contributed by atoms with Crippen LogP contribution in [0.25, 0.3) is 0 Å². The zero-order chi connectivity index (χ0) is 18.6. The number of rotatable bonds is 4. The molecule has 3 aliphatic rings. The Kier molecular flexibility index (Phi) is 4.21. The summed E-state index contributed by atoms with van der Waals surface area (Å²) < 4.78 is 90.2. The first-order valence-electron chi connectivity index (χ1n) is 8.18. The van der Waals surface area contributed by atoms with Crippen molar-refractivity contribution in [3.05, 3.63) is 46.5 Å². The molecule has 2 bridgehead atoms. The van der Waals surface area contributed by atoms with E-state index < -0.39 is 46.0 Å². The third kappa shape index (κ3) is 2.67. The van der Waals surface area contributed by atoms with Gasteiger partial charge in [0.2, 0.25) is 0 Å². The lowest BCUT2D eigenvalue weighted by atomic mass is 9.63.